The number of carbonyl (C=O) groups excluding carboxylic acids is 1. The van der Waals surface area contributed by atoms with Crippen LogP contribution in [0.3, 0.4) is 0 Å². The van der Waals surface area contributed by atoms with Crippen LogP contribution in [0, 0.1) is 5.92 Å². The molecule has 0 heterocycles. The molecule has 0 aromatic rings. The number of rotatable bonds is 2. The highest BCUT2D eigenvalue weighted by Crippen LogP contribution is 1.88. The van der Waals surface area contributed by atoms with Crippen LogP contribution in [0.5, 0.6) is 0 Å². The molecule has 0 saturated heterocycles. The molecule has 0 aliphatic rings. The van der Waals surface area contributed by atoms with Crippen LogP contribution < -0.4 is 5.64 Å². The average molecular weight is 97.9 g/mol. The summed E-state index contributed by atoms with van der Waals surface area (Å²) in [6.45, 7) is 3.62. The van der Waals surface area contributed by atoms with E-state index >= 15 is 0 Å². The minimum atomic E-state index is 0.000000000000000222. The molecule has 39 valence electrons. The maximum atomic E-state index is 10.3. The minimum absolute atomic E-state index is 0.000000000000000222. The molecule has 0 saturated carbocycles. The van der Waals surface area contributed by atoms with Gasteiger partial charge < -0.3 is 10.4 Å². The fourth-order valence-electron chi connectivity index (χ4n) is 0.192. The van der Waals surface area contributed by atoms with Gasteiger partial charge in [0.05, 0.1) is 0 Å². The zero-order valence-electron chi connectivity index (χ0n) is 4.64. The number of carbonyl (C=O) groups is 1. The van der Waals surface area contributed by atoms with E-state index in [4.69, 9.17) is 5.64 Å². The maximum absolute atomic E-state index is 10.3. The highest BCUT2D eigenvalue weighted by atomic mass is 16.1. The van der Waals surface area contributed by atoms with Crippen molar-refractivity contribution < 1.29 is 4.79 Å². The van der Waals surface area contributed by atoms with Crippen LogP contribution in [0.25, 0.3) is 0 Å². The van der Waals surface area contributed by atoms with Gasteiger partial charge in [0.25, 0.3) is 7.41 Å². The first-order chi connectivity index (χ1) is 3.18. The van der Waals surface area contributed by atoms with Crippen LogP contribution >= 0.6 is 0 Å². The van der Waals surface area contributed by atoms with Gasteiger partial charge in [-0.3, -0.25) is 0 Å². The summed E-state index contributed by atoms with van der Waals surface area (Å²) in [5, 5.41) is 0. The lowest BCUT2D eigenvalue weighted by Crippen LogP contribution is -2.23. The Hall–Kier alpha value is -0.305. The summed E-state index contributed by atoms with van der Waals surface area (Å²) in [7, 11) is 1.10. The molecule has 1 radical (unpaired) electrons. The lowest BCUT2D eigenvalue weighted by Gasteiger charge is -1.94. The third-order valence-corrected chi connectivity index (χ3v) is 0.733. The molecule has 0 aromatic heterocycles. The fraction of sp³-hybridized carbons (Fsp3) is 0.750. The Labute approximate surface area is 44.3 Å². The van der Waals surface area contributed by atoms with E-state index in [-0.39, 0.29) is 11.6 Å². The first-order valence-electron chi connectivity index (χ1n) is 2.27. The summed E-state index contributed by atoms with van der Waals surface area (Å²) in [4.78, 5) is 10.3. The highest BCUT2D eigenvalue weighted by Gasteiger charge is 2.03. The van der Waals surface area contributed by atoms with E-state index in [1.54, 1.807) is 0 Å². The van der Waals surface area contributed by atoms with Crippen LogP contribution in [0.15, 0.2) is 0 Å². The molecule has 7 heavy (non-hydrogen) atoms. The van der Waals surface area contributed by atoms with E-state index in [0.717, 1.165) is 7.41 Å². The topological polar surface area (TPSA) is 43.1 Å². The number of hydrogen-bond acceptors (Lipinski definition) is 2. The first-order valence-corrected chi connectivity index (χ1v) is 2.27. The molecule has 0 unspecified atom stereocenters. The molecule has 0 bridgehead atoms. The summed E-state index contributed by atoms with van der Waals surface area (Å²) in [5.74, 6) is 0.0463. The number of hydrogen-bond donors (Lipinski definition) is 1. The summed E-state index contributed by atoms with van der Waals surface area (Å²) in [5.41, 5.74) is 4.90. The lowest BCUT2D eigenvalue weighted by molar-refractivity contribution is -0.114. The molecule has 0 atom stereocenters. The van der Waals surface area contributed by atoms with Crippen molar-refractivity contribution >= 4 is 13.1 Å². The van der Waals surface area contributed by atoms with Gasteiger partial charge in [-0.1, -0.05) is 13.8 Å². The summed E-state index contributed by atoms with van der Waals surface area (Å²) in [6.07, 6.45) is 0. The van der Waals surface area contributed by atoms with Crippen molar-refractivity contribution in [3.05, 3.63) is 0 Å². The van der Waals surface area contributed by atoms with E-state index < -0.39 is 0 Å². The predicted octanol–water partition coefficient (Wildman–Crippen LogP) is -0.253. The molecule has 0 aliphatic heterocycles. The molecule has 3 heteroatoms. The van der Waals surface area contributed by atoms with E-state index in [1.165, 1.54) is 0 Å². The second kappa shape index (κ2) is 2.80. The Morgan fingerprint density at radius 3 is 2.14 bits per heavy atom. The van der Waals surface area contributed by atoms with E-state index in [9.17, 15) is 4.79 Å². The summed E-state index contributed by atoms with van der Waals surface area (Å²) < 4.78 is 0. The standard InChI is InChI=1S/C4H9BNO/c1-3(2)4(7)5-6/h3H,6H2,1-2H3. The maximum Gasteiger partial charge on any atom is 0.292 e. The van der Waals surface area contributed by atoms with Gasteiger partial charge in [0.1, 0.15) is 5.68 Å². The largest absolute Gasteiger partial charge is 0.367 e. The average Bonchev–Trinajstić information content (AvgIpc) is 1.65. The van der Waals surface area contributed by atoms with Crippen molar-refractivity contribution in [2.24, 2.45) is 11.6 Å². The number of nitrogens with two attached hydrogens (primary N) is 1. The summed E-state index contributed by atoms with van der Waals surface area (Å²) >= 11 is 0. The van der Waals surface area contributed by atoms with E-state index in [2.05, 4.69) is 0 Å². The monoisotopic (exact) mass is 98.1 g/mol. The third-order valence-electron chi connectivity index (χ3n) is 0.733. The van der Waals surface area contributed by atoms with E-state index in [1.807, 2.05) is 13.8 Å². The van der Waals surface area contributed by atoms with Crippen LogP contribution in [0.2, 0.25) is 0 Å². The van der Waals surface area contributed by atoms with Gasteiger partial charge in [-0.15, -0.1) is 0 Å². The Morgan fingerprint density at radius 1 is 1.71 bits per heavy atom. The van der Waals surface area contributed by atoms with Gasteiger partial charge >= 0.3 is 0 Å². The van der Waals surface area contributed by atoms with Crippen LogP contribution in [0.1, 0.15) is 13.8 Å². The van der Waals surface area contributed by atoms with Gasteiger partial charge in [-0.05, 0) is 0 Å². The van der Waals surface area contributed by atoms with Crippen molar-refractivity contribution in [1.82, 2.24) is 0 Å². The van der Waals surface area contributed by atoms with Gasteiger partial charge in [-0.2, -0.15) is 0 Å². The predicted molar refractivity (Wildman–Crippen MR) is 29.8 cm³/mol. The highest BCUT2D eigenvalue weighted by molar-refractivity contribution is 6.71. The molecule has 0 amide bonds. The molecular weight excluding hydrogens is 88.9 g/mol. The Balaban J connectivity index is 3.35. The van der Waals surface area contributed by atoms with Crippen molar-refractivity contribution in [2.75, 3.05) is 0 Å². The Bertz CT molecular complexity index is 72.1. The molecule has 0 aliphatic carbocycles. The SMILES string of the molecule is CC(C)C(=O)[B]N. The Morgan fingerprint density at radius 2 is 2.14 bits per heavy atom. The van der Waals surface area contributed by atoms with Crippen molar-refractivity contribution in [3.63, 3.8) is 0 Å². The molecule has 0 rings (SSSR count). The molecular formula is C4H9BNO. The third kappa shape index (κ3) is 2.40. The zero-order valence-corrected chi connectivity index (χ0v) is 4.64. The molecule has 2 nitrogen and oxygen atoms in total. The Kier molecular flexibility index (Phi) is 2.68. The zero-order chi connectivity index (χ0) is 5.86. The molecule has 2 N–H and O–H groups in total. The second-order valence-electron chi connectivity index (χ2n) is 1.72. The van der Waals surface area contributed by atoms with Crippen LogP contribution in [-0.2, 0) is 4.79 Å². The van der Waals surface area contributed by atoms with Gasteiger partial charge in [-0.25, -0.2) is 0 Å². The molecule has 0 fully saturated rings. The van der Waals surface area contributed by atoms with Crippen molar-refractivity contribution in [3.8, 4) is 0 Å². The van der Waals surface area contributed by atoms with Gasteiger partial charge in [0.15, 0.2) is 0 Å². The van der Waals surface area contributed by atoms with Gasteiger partial charge in [0.2, 0.25) is 0 Å². The fourth-order valence-corrected chi connectivity index (χ4v) is 0.192. The first kappa shape index (κ1) is 6.69. The second-order valence-corrected chi connectivity index (χ2v) is 1.72. The van der Waals surface area contributed by atoms with Crippen molar-refractivity contribution in [1.29, 1.82) is 0 Å². The van der Waals surface area contributed by atoms with Crippen molar-refractivity contribution in [2.45, 2.75) is 13.8 Å². The normalized spacial score (nSPS) is 9.14. The quantitative estimate of drug-likeness (QED) is 0.483. The lowest BCUT2D eigenvalue weighted by atomic mass is 9.82. The summed E-state index contributed by atoms with van der Waals surface area (Å²) in [6, 6.07) is 0. The minimum Gasteiger partial charge on any atom is -0.367 e. The molecule has 0 spiro atoms. The van der Waals surface area contributed by atoms with E-state index in [0.29, 0.717) is 0 Å². The van der Waals surface area contributed by atoms with Gasteiger partial charge in [0, 0.05) is 5.92 Å². The van der Waals surface area contributed by atoms with Crippen LogP contribution in [-0.4, -0.2) is 13.1 Å². The molecule has 0 aromatic carbocycles. The smallest absolute Gasteiger partial charge is 0.292 e. The van der Waals surface area contributed by atoms with Crippen LogP contribution in [0.4, 0.5) is 0 Å².